The molecule has 7 nitrogen and oxygen atoms in total. The quantitative estimate of drug-likeness (QED) is 0.685. The third kappa shape index (κ3) is 5.65. The highest BCUT2D eigenvalue weighted by Gasteiger charge is 2.31. The molecule has 32 heavy (non-hydrogen) atoms. The van der Waals surface area contributed by atoms with Gasteiger partial charge in [-0.2, -0.15) is 4.31 Å². The van der Waals surface area contributed by atoms with Crippen molar-refractivity contribution in [2.75, 3.05) is 31.5 Å². The summed E-state index contributed by atoms with van der Waals surface area (Å²) >= 11 is 5.89. The number of carbonyl (C=O) groups excluding carboxylic acids is 2. The van der Waals surface area contributed by atoms with E-state index < -0.39 is 21.7 Å². The van der Waals surface area contributed by atoms with Gasteiger partial charge in [0, 0.05) is 39.0 Å². The number of hydrogen-bond acceptors (Lipinski definition) is 4. The Kier molecular flexibility index (Phi) is 7.53. The Morgan fingerprint density at radius 2 is 1.72 bits per heavy atom. The Labute approximate surface area is 192 Å². The first kappa shape index (κ1) is 24.2. The van der Waals surface area contributed by atoms with E-state index in [4.69, 9.17) is 11.6 Å². The summed E-state index contributed by atoms with van der Waals surface area (Å²) in [6.45, 7) is 4.51. The van der Waals surface area contributed by atoms with Crippen molar-refractivity contribution in [2.45, 2.75) is 31.6 Å². The second-order valence-corrected chi connectivity index (χ2v) is 10.0. The van der Waals surface area contributed by atoms with Crippen molar-refractivity contribution < 1.29 is 22.4 Å². The number of nitrogens with zero attached hydrogens (tertiary/aromatic N) is 2. The number of sulfonamides is 1. The summed E-state index contributed by atoms with van der Waals surface area (Å²) in [5.41, 5.74) is 1.82. The van der Waals surface area contributed by atoms with Gasteiger partial charge in [-0.05, 0) is 49.2 Å². The molecule has 1 heterocycles. The van der Waals surface area contributed by atoms with Crippen LogP contribution in [0, 0.1) is 19.7 Å². The van der Waals surface area contributed by atoms with Gasteiger partial charge in [0.1, 0.15) is 5.82 Å². The molecular weight excluding hydrogens is 457 g/mol. The van der Waals surface area contributed by atoms with Gasteiger partial charge >= 0.3 is 0 Å². The number of hydrogen-bond donors (Lipinski definition) is 1. The SMILES string of the molecule is Cc1ccc(C)c(S(=O)(=O)N2CCN(C(=O)CCC(=O)Nc3ccc(F)cc3Cl)CC2)c1. The molecule has 10 heteroatoms. The van der Waals surface area contributed by atoms with E-state index >= 15 is 0 Å². The lowest BCUT2D eigenvalue weighted by Crippen LogP contribution is -2.50. The lowest BCUT2D eigenvalue weighted by molar-refractivity contribution is -0.133. The third-order valence-corrected chi connectivity index (χ3v) is 7.68. The summed E-state index contributed by atoms with van der Waals surface area (Å²) < 4.78 is 40.5. The highest BCUT2D eigenvalue weighted by atomic mass is 35.5. The summed E-state index contributed by atoms with van der Waals surface area (Å²) in [7, 11) is -3.64. The van der Waals surface area contributed by atoms with Gasteiger partial charge in [0.25, 0.3) is 0 Å². The molecule has 2 aromatic rings. The molecule has 0 unspecified atom stereocenters. The van der Waals surface area contributed by atoms with Crippen molar-refractivity contribution in [3.05, 3.63) is 58.4 Å². The van der Waals surface area contributed by atoms with Crippen molar-refractivity contribution in [1.82, 2.24) is 9.21 Å². The maximum atomic E-state index is 13.1. The van der Waals surface area contributed by atoms with E-state index in [1.54, 1.807) is 24.0 Å². The molecule has 1 fully saturated rings. The normalized spacial score (nSPS) is 14.9. The van der Waals surface area contributed by atoms with Crippen LogP contribution in [0.25, 0.3) is 0 Å². The van der Waals surface area contributed by atoms with Crippen LogP contribution >= 0.6 is 11.6 Å². The zero-order chi connectivity index (χ0) is 23.5. The molecule has 0 saturated carbocycles. The van der Waals surface area contributed by atoms with Crippen LogP contribution in [0.1, 0.15) is 24.0 Å². The summed E-state index contributed by atoms with van der Waals surface area (Å²) in [5, 5.41) is 2.63. The van der Waals surface area contributed by atoms with Crippen molar-refractivity contribution in [1.29, 1.82) is 0 Å². The standard InChI is InChI=1S/C22H25ClFN3O4S/c1-15-3-4-16(2)20(13-15)32(30,31)27-11-9-26(10-12-27)22(29)8-7-21(28)25-19-6-5-17(24)14-18(19)23/h3-6,13-14H,7-12H2,1-2H3,(H,25,28). The van der Waals surface area contributed by atoms with E-state index in [1.807, 2.05) is 13.0 Å². The van der Waals surface area contributed by atoms with Crippen LogP contribution in [0.5, 0.6) is 0 Å². The second kappa shape index (κ2) is 9.97. The first-order valence-corrected chi connectivity index (χ1v) is 12.0. The number of aryl methyl sites for hydroxylation is 2. The molecular formula is C22H25ClFN3O4S. The molecule has 0 spiro atoms. The summed E-state index contributed by atoms with van der Waals surface area (Å²) in [6.07, 6.45) is -0.0814. The minimum Gasteiger partial charge on any atom is -0.340 e. The van der Waals surface area contributed by atoms with Gasteiger partial charge in [0.05, 0.1) is 15.6 Å². The Morgan fingerprint density at radius 3 is 2.38 bits per heavy atom. The number of nitrogens with one attached hydrogen (secondary N) is 1. The van der Waals surface area contributed by atoms with Gasteiger partial charge in [-0.15, -0.1) is 0 Å². The van der Waals surface area contributed by atoms with Crippen LogP contribution in [-0.2, 0) is 19.6 Å². The van der Waals surface area contributed by atoms with Crippen LogP contribution < -0.4 is 5.32 Å². The van der Waals surface area contributed by atoms with Crippen molar-refractivity contribution in [2.24, 2.45) is 0 Å². The molecule has 0 bridgehead atoms. The third-order valence-electron chi connectivity index (χ3n) is 5.32. The zero-order valence-electron chi connectivity index (χ0n) is 17.9. The molecule has 2 amide bonds. The van der Waals surface area contributed by atoms with E-state index in [2.05, 4.69) is 5.32 Å². The zero-order valence-corrected chi connectivity index (χ0v) is 19.5. The largest absolute Gasteiger partial charge is 0.340 e. The topological polar surface area (TPSA) is 86.8 Å². The maximum Gasteiger partial charge on any atom is 0.243 e. The van der Waals surface area contributed by atoms with Gasteiger partial charge in [0.2, 0.25) is 21.8 Å². The molecule has 2 aromatic carbocycles. The number of anilines is 1. The average molecular weight is 482 g/mol. The van der Waals surface area contributed by atoms with Gasteiger partial charge in [-0.3, -0.25) is 9.59 Å². The Balaban J connectivity index is 1.52. The minimum absolute atomic E-state index is 0.0195. The molecule has 1 saturated heterocycles. The van der Waals surface area contributed by atoms with Gasteiger partial charge in [0.15, 0.2) is 0 Å². The second-order valence-electron chi connectivity index (χ2n) is 7.73. The number of halogens is 2. The summed E-state index contributed by atoms with van der Waals surface area (Å²) in [6, 6.07) is 8.94. The highest BCUT2D eigenvalue weighted by Crippen LogP contribution is 2.24. The van der Waals surface area contributed by atoms with Crippen LogP contribution in [0.15, 0.2) is 41.3 Å². The molecule has 1 N–H and O–H groups in total. The van der Waals surface area contributed by atoms with Crippen LogP contribution in [-0.4, -0.2) is 55.6 Å². The van der Waals surface area contributed by atoms with Gasteiger partial charge < -0.3 is 10.2 Å². The molecule has 3 rings (SSSR count). The molecule has 0 aromatic heterocycles. The average Bonchev–Trinajstić information content (AvgIpc) is 2.75. The summed E-state index contributed by atoms with van der Waals surface area (Å²) in [4.78, 5) is 26.5. The summed E-state index contributed by atoms with van der Waals surface area (Å²) in [5.74, 6) is -1.15. The molecule has 1 aliphatic heterocycles. The fourth-order valence-electron chi connectivity index (χ4n) is 3.48. The van der Waals surface area contributed by atoms with Crippen LogP contribution in [0.2, 0.25) is 5.02 Å². The number of rotatable bonds is 6. The fraction of sp³-hybridized carbons (Fsp3) is 0.364. The lowest BCUT2D eigenvalue weighted by atomic mass is 10.2. The number of benzene rings is 2. The van der Waals surface area contributed by atoms with E-state index in [0.717, 1.165) is 11.6 Å². The van der Waals surface area contributed by atoms with Gasteiger partial charge in [-0.1, -0.05) is 23.7 Å². The molecule has 0 aliphatic carbocycles. The highest BCUT2D eigenvalue weighted by molar-refractivity contribution is 7.89. The number of carbonyl (C=O) groups is 2. The number of piperazine rings is 1. The minimum atomic E-state index is -3.64. The monoisotopic (exact) mass is 481 g/mol. The first-order chi connectivity index (χ1) is 15.1. The Hall–Kier alpha value is -2.49. The molecule has 0 radical (unpaired) electrons. The van der Waals surface area contributed by atoms with E-state index in [-0.39, 0.29) is 60.5 Å². The predicted molar refractivity (Wildman–Crippen MR) is 121 cm³/mol. The van der Waals surface area contributed by atoms with Crippen molar-refractivity contribution in [3.8, 4) is 0 Å². The molecule has 1 aliphatic rings. The van der Waals surface area contributed by atoms with Crippen LogP contribution in [0.3, 0.4) is 0 Å². The van der Waals surface area contributed by atoms with E-state index in [0.29, 0.717) is 5.56 Å². The van der Waals surface area contributed by atoms with Crippen molar-refractivity contribution >= 4 is 39.1 Å². The molecule has 0 atom stereocenters. The maximum absolute atomic E-state index is 13.1. The lowest BCUT2D eigenvalue weighted by Gasteiger charge is -2.34. The molecule has 172 valence electrons. The van der Waals surface area contributed by atoms with Crippen molar-refractivity contribution in [3.63, 3.8) is 0 Å². The van der Waals surface area contributed by atoms with E-state index in [9.17, 15) is 22.4 Å². The smallest absolute Gasteiger partial charge is 0.243 e. The Morgan fingerprint density at radius 1 is 1.03 bits per heavy atom. The number of amides is 2. The van der Waals surface area contributed by atoms with Crippen LogP contribution in [0.4, 0.5) is 10.1 Å². The predicted octanol–water partition coefficient (Wildman–Crippen LogP) is 3.35. The first-order valence-electron chi connectivity index (χ1n) is 10.2. The van der Waals surface area contributed by atoms with E-state index in [1.165, 1.54) is 16.4 Å². The fourth-order valence-corrected chi connectivity index (χ4v) is 5.43. The Bertz CT molecular complexity index is 1130. The van der Waals surface area contributed by atoms with Gasteiger partial charge in [-0.25, -0.2) is 12.8 Å².